The van der Waals surface area contributed by atoms with Gasteiger partial charge in [0.2, 0.25) is 0 Å². The van der Waals surface area contributed by atoms with Gasteiger partial charge in [-0.05, 0) is 17.7 Å². The molecule has 0 fully saturated rings. The van der Waals surface area contributed by atoms with Gasteiger partial charge < -0.3 is 10.6 Å². The molecule has 20 heavy (non-hydrogen) atoms. The van der Waals surface area contributed by atoms with Crippen molar-refractivity contribution < 1.29 is 4.79 Å². The molecule has 1 aliphatic rings. The molecule has 0 saturated carbocycles. The Morgan fingerprint density at radius 2 is 2.40 bits per heavy atom. The van der Waals surface area contributed by atoms with Crippen LogP contribution in [0.15, 0.2) is 24.4 Å². The van der Waals surface area contributed by atoms with Crippen LogP contribution >= 0.6 is 22.9 Å². The number of thiazole rings is 1. The van der Waals surface area contributed by atoms with E-state index in [4.69, 9.17) is 11.6 Å². The molecule has 0 atom stereocenters. The van der Waals surface area contributed by atoms with Crippen LogP contribution in [-0.2, 0) is 13.1 Å². The molecule has 3 rings (SSSR count). The third-order valence-corrected chi connectivity index (χ3v) is 4.29. The summed E-state index contributed by atoms with van der Waals surface area (Å²) in [5.41, 5.74) is 3.01. The Morgan fingerprint density at radius 1 is 1.55 bits per heavy atom. The molecular weight excluding hydrogens is 296 g/mol. The Balaban J connectivity index is 1.76. The van der Waals surface area contributed by atoms with E-state index in [0.717, 1.165) is 21.8 Å². The zero-order valence-corrected chi connectivity index (χ0v) is 12.4. The van der Waals surface area contributed by atoms with Crippen molar-refractivity contribution in [2.24, 2.45) is 0 Å². The minimum absolute atomic E-state index is 0.0797. The van der Waals surface area contributed by atoms with Crippen LogP contribution in [0.2, 0.25) is 4.47 Å². The second-order valence-electron chi connectivity index (χ2n) is 4.49. The topological polar surface area (TPSA) is 57.3 Å². The molecule has 1 aliphatic heterocycles. The number of hydrogen-bond donors (Lipinski definition) is 2. The second kappa shape index (κ2) is 5.30. The first-order valence-electron chi connectivity index (χ1n) is 6.12. The Morgan fingerprint density at radius 3 is 3.15 bits per heavy atom. The summed E-state index contributed by atoms with van der Waals surface area (Å²) in [6.45, 7) is 1.24. The minimum atomic E-state index is -0.0797. The standard InChI is InChI=1S/C13H13ClN4OS/c1-18-11-4-9(3-2-8(11)5-17-13(18)19)15-6-10-7-16-12(14)20-10/h2-4,7,15H,5-6H2,1H3,(H,17,19). The molecule has 2 N–H and O–H groups in total. The summed E-state index contributed by atoms with van der Waals surface area (Å²) in [5.74, 6) is 0. The van der Waals surface area contributed by atoms with Crippen LogP contribution in [0.1, 0.15) is 10.4 Å². The summed E-state index contributed by atoms with van der Waals surface area (Å²) in [7, 11) is 1.76. The van der Waals surface area contributed by atoms with Gasteiger partial charge in [0.15, 0.2) is 4.47 Å². The van der Waals surface area contributed by atoms with E-state index in [1.807, 2.05) is 18.2 Å². The van der Waals surface area contributed by atoms with Crippen molar-refractivity contribution in [2.75, 3.05) is 17.3 Å². The number of carbonyl (C=O) groups excluding carboxylic acids is 1. The number of benzene rings is 1. The predicted octanol–water partition coefficient (Wildman–Crippen LogP) is 3.07. The molecule has 0 radical (unpaired) electrons. The van der Waals surface area contributed by atoms with Gasteiger partial charge in [-0.2, -0.15) is 0 Å². The highest BCUT2D eigenvalue weighted by Crippen LogP contribution is 2.27. The Labute approximate surface area is 125 Å². The van der Waals surface area contributed by atoms with Gasteiger partial charge in [0.1, 0.15) is 0 Å². The maximum absolute atomic E-state index is 11.6. The largest absolute Gasteiger partial charge is 0.380 e. The van der Waals surface area contributed by atoms with E-state index in [-0.39, 0.29) is 6.03 Å². The van der Waals surface area contributed by atoms with Crippen molar-refractivity contribution in [3.8, 4) is 0 Å². The van der Waals surface area contributed by atoms with Crippen LogP contribution in [0, 0.1) is 0 Å². The fourth-order valence-corrected chi connectivity index (χ4v) is 3.01. The van der Waals surface area contributed by atoms with Gasteiger partial charge in [-0.1, -0.05) is 17.7 Å². The molecule has 2 amide bonds. The molecular formula is C13H13ClN4OS. The second-order valence-corrected chi connectivity index (χ2v) is 6.19. The van der Waals surface area contributed by atoms with Crippen LogP contribution < -0.4 is 15.5 Å². The van der Waals surface area contributed by atoms with Crippen LogP contribution in [0.5, 0.6) is 0 Å². The van der Waals surface area contributed by atoms with Gasteiger partial charge in [-0.3, -0.25) is 4.90 Å². The quantitative estimate of drug-likeness (QED) is 0.916. The fourth-order valence-electron chi connectivity index (χ4n) is 2.09. The van der Waals surface area contributed by atoms with Crippen molar-refractivity contribution in [1.29, 1.82) is 0 Å². The molecule has 5 nitrogen and oxygen atoms in total. The van der Waals surface area contributed by atoms with Gasteiger partial charge in [-0.15, -0.1) is 11.3 Å². The Kier molecular flexibility index (Phi) is 3.50. The molecule has 7 heteroatoms. The van der Waals surface area contributed by atoms with Crippen molar-refractivity contribution in [3.63, 3.8) is 0 Å². The Bertz CT molecular complexity index is 658. The predicted molar refractivity (Wildman–Crippen MR) is 81.5 cm³/mol. The number of fused-ring (bicyclic) bond motifs is 1. The lowest BCUT2D eigenvalue weighted by Crippen LogP contribution is -2.41. The summed E-state index contributed by atoms with van der Waals surface area (Å²) in [5, 5.41) is 6.13. The third kappa shape index (κ3) is 2.57. The monoisotopic (exact) mass is 308 g/mol. The molecule has 0 spiro atoms. The van der Waals surface area contributed by atoms with Gasteiger partial charge in [-0.25, -0.2) is 9.78 Å². The highest BCUT2D eigenvalue weighted by Gasteiger charge is 2.20. The average molecular weight is 309 g/mol. The lowest BCUT2D eigenvalue weighted by molar-refractivity contribution is 0.246. The van der Waals surface area contributed by atoms with Gasteiger partial charge in [0, 0.05) is 30.4 Å². The molecule has 2 heterocycles. The molecule has 0 unspecified atom stereocenters. The Hall–Kier alpha value is -1.79. The van der Waals surface area contributed by atoms with E-state index < -0.39 is 0 Å². The molecule has 104 valence electrons. The van der Waals surface area contributed by atoms with E-state index in [2.05, 4.69) is 15.6 Å². The first kappa shape index (κ1) is 13.2. The van der Waals surface area contributed by atoms with Crippen LogP contribution in [0.4, 0.5) is 16.2 Å². The van der Waals surface area contributed by atoms with E-state index >= 15 is 0 Å². The van der Waals surface area contributed by atoms with Crippen LogP contribution in [0.25, 0.3) is 0 Å². The summed E-state index contributed by atoms with van der Waals surface area (Å²) in [6.07, 6.45) is 1.76. The van der Waals surface area contributed by atoms with Crippen molar-refractivity contribution in [3.05, 3.63) is 39.3 Å². The molecule has 0 saturated heterocycles. The van der Waals surface area contributed by atoms with Crippen molar-refractivity contribution >= 4 is 40.3 Å². The van der Waals surface area contributed by atoms with Gasteiger partial charge >= 0.3 is 6.03 Å². The highest BCUT2D eigenvalue weighted by molar-refractivity contribution is 7.15. The van der Waals surface area contributed by atoms with E-state index in [9.17, 15) is 4.79 Å². The number of nitrogens with one attached hydrogen (secondary N) is 2. The highest BCUT2D eigenvalue weighted by atomic mass is 35.5. The van der Waals surface area contributed by atoms with E-state index in [1.165, 1.54) is 11.3 Å². The molecule has 0 bridgehead atoms. The number of aromatic nitrogens is 1. The number of amides is 2. The number of urea groups is 1. The number of anilines is 2. The molecule has 1 aromatic carbocycles. The van der Waals surface area contributed by atoms with Gasteiger partial charge in [0.05, 0.1) is 12.2 Å². The lowest BCUT2D eigenvalue weighted by atomic mass is 10.1. The molecule has 0 aliphatic carbocycles. The number of hydrogen-bond acceptors (Lipinski definition) is 4. The summed E-state index contributed by atoms with van der Waals surface area (Å²) in [4.78, 5) is 18.3. The van der Waals surface area contributed by atoms with E-state index in [1.54, 1.807) is 18.1 Å². The van der Waals surface area contributed by atoms with Crippen molar-refractivity contribution in [1.82, 2.24) is 10.3 Å². The van der Waals surface area contributed by atoms with Crippen LogP contribution in [0.3, 0.4) is 0 Å². The third-order valence-electron chi connectivity index (χ3n) is 3.17. The summed E-state index contributed by atoms with van der Waals surface area (Å²) >= 11 is 7.25. The fraction of sp³-hybridized carbons (Fsp3) is 0.231. The number of rotatable bonds is 3. The molecule has 1 aromatic heterocycles. The molecule has 2 aromatic rings. The zero-order chi connectivity index (χ0) is 14.1. The summed E-state index contributed by atoms with van der Waals surface area (Å²) < 4.78 is 0.545. The van der Waals surface area contributed by atoms with Crippen LogP contribution in [-0.4, -0.2) is 18.1 Å². The average Bonchev–Trinajstić information content (AvgIpc) is 2.87. The van der Waals surface area contributed by atoms with Crippen molar-refractivity contribution in [2.45, 2.75) is 13.1 Å². The smallest absolute Gasteiger partial charge is 0.321 e. The SMILES string of the molecule is CN1C(=O)NCc2ccc(NCc3cnc(Cl)s3)cc21. The minimum Gasteiger partial charge on any atom is -0.380 e. The summed E-state index contributed by atoms with van der Waals surface area (Å²) in [6, 6.07) is 5.93. The zero-order valence-electron chi connectivity index (χ0n) is 10.8. The number of halogens is 1. The first-order chi connectivity index (χ1) is 9.63. The van der Waals surface area contributed by atoms with Gasteiger partial charge in [0.25, 0.3) is 0 Å². The maximum atomic E-state index is 11.6. The van der Waals surface area contributed by atoms with E-state index in [0.29, 0.717) is 17.6 Å². The number of nitrogens with zero attached hydrogens (tertiary/aromatic N) is 2. The maximum Gasteiger partial charge on any atom is 0.321 e. The lowest BCUT2D eigenvalue weighted by Gasteiger charge is -2.27. The number of carbonyl (C=O) groups is 1. The first-order valence-corrected chi connectivity index (χ1v) is 7.31. The normalized spacial score (nSPS) is 13.9.